The van der Waals surface area contributed by atoms with Gasteiger partial charge in [-0.1, -0.05) is 12.1 Å². The predicted octanol–water partition coefficient (Wildman–Crippen LogP) is 4.16. The van der Waals surface area contributed by atoms with Gasteiger partial charge in [0.15, 0.2) is 0 Å². The molecule has 1 aliphatic carbocycles. The lowest BCUT2D eigenvalue weighted by Crippen LogP contribution is -2.35. The van der Waals surface area contributed by atoms with Gasteiger partial charge in [-0.25, -0.2) is 9.37 Å². The normalized spacial score (nSPS) is 22.7. The lowest BCUT2D eigenvalue weighted by atomic mass is 9.75. The molecule has 0 N–H and O–H groups in total. The molecule has 4 rings (SSSR count). The highest BCUT2D eigenvalue weighted by atomic mass is 19.1. The second-order valence-electron chi connectivity index (χ2n) is 7.08. The second-order valence-corrected chi connectivity index (χ2v) is 7.08. The molecule has 4 nitrogen and oxygen atoms in total. The van der Waals surface area contributed by atoms with Crippen molar-refractivity contribution in [2.24, 2.45) is 0 Å². The molecule has 1 unspecified atom stereocenters. The number of fused-ring (bicyclic) bond motifs is 1. The van der Waals surface area contributed by atoms with Crippen molar-refractivity contribution in [2.45, 2.75) is 37.5 Å². The fourth-order valence-electron chi connectivity index (χ4n) is 4.37. The molecule has 0 radical (unpaired) electrons. The van der Waals surface area contributed by atoms with E-state index in [0.717, 1.165) is 23.2 Å². The van der Waals surface area contributed by atoms with Gasteiger partial charge in [0.2, 0.25) is 0 Å². The Kier molecular flexibility index (Phi) is 4.02. The number of benzene rings is 1. The van der Waals surface area contributed by atoms with Crippen LogP contribution in [0.1, 0.15) is 41.9 Å². The molecule has 134 valence electrons. The van der Waals surface area contributed by atoms with Crippen LogP contribution >= 0.6 is 0 Å². The summed E-state index contributed by atoms with van der Waals surface area (Å²) >= 11 is 0. The van der Waals surface area contributed by atoms with Crippen LogP contribution in [0.3, 0.4) is 0 Å². The summed E-state index contributed by atoms with van der Waals surface area (Å²) < 4.78 is 21.3. The molecule has 0 aliphatic heterocycles. The van der Waals surface area contributed by atoms with Gasteiger partial charge < -0.3 is 9.14 Å². The summed E-state index contributed by atoms with van der Waals surface area (Å²) in [7, 11) is 1.41. The molecular weight excluding hydrogens is 331 g/mol. The number of hydrogen-bond acceptors (Lipinski definition) is 3. The highest BCUT2D eigenvalue weighted by Crippen LogP contribution is 2.50. The standard InChI is InChI=1S/C21H21FN2O2/c1-14-17(4-3-5-18(14)22)21(20(25)26-2)8-6-16(13-21)15-7-10-24-11-9-23-19(24)12-15/h3-5,7,9-12,16H,6,8,13H2,1-2H3/t16?,21-/m0/s1. The van der Waals surface area contributed by atoms with Gasteiger partial charge >= 0.3 is 5.97 Å². The van der Waals surface area contributed by atoms with Gasteiger partial charge in [0.25, 0.3) is 0 Å². The maximum Gasteiger partial charge on any atom is 0.316 e. The van der Waals surface area contributed by atoms with E-state index >= 15 is 0 Å². The van der Waals surface area contributed by atoms with Crippen LogP contribution < -0.4 is 0 Å². The van der Waals surface area contributed by atoms with Crippen LogP contribution in [0.5, 0.6) is 0 Å². The Morgan fingerprint density at radius 1 is 1.35 bits per heavy atom. The molecule has 2 atom stereocenters. The van der Waals surface area contributed by atoms with E-state index in [-0.39, 0.29) is 17.7 Å². The molecule has 1 fully saturated rings. The predicted molar refractivity (Wildman–Crippen MR) is 96.6 cm³/mol. The van der Waals surface area contributed by atoms with Crippen molar-refractivity contribution in [3.05, 3.63) is 71.4 Å². The van der Waals surface area contributed by atoms with Crippen molar-refractivity contribution in [2.75, 3.05) is 7.11 Å². The van der Waals surface area contributed by atoms with E-state index in [4.69, 9.17) is 4.74 Å². The van der Waals surface area contributed by atoms with Crippen molar-refractivity contribution in [1.82, 2.24) is 9.38 Å². The van der Waals surface area contributed by atoms with E-state index in [0.29, 0.717) is 18.4 Å². The van der Waals surface area contributed by atoms with E-state index in [1.54, 1.807) is 19.2 Å². The van der Waals surface area contributed by atoms with Crippen molar-refractivity contribution >= 4 is 11.6 Å². The SMILES string of the molecule is COC(=O)[C@@]1(c2cccc(F)c2C)CCC(c2ccn3ccnc3c2)C1. The molecule has 0 spiro atoms. The summed E-state index contributed by atoms with van der Waals surface area (Å²) in [4.78, 5) is 17.1. The largest absolute Gasteiger partial charge is 0.468 e. The minimum Gasteiger partial charge on any atom is -0.468 e. The molecule has 1 aromatic carbocycles. The zero-order chi connectivity index (χ0) is 18.3. The van der Waals surface area contributed by atoms with Crippen LogP contribution in [-0.4, -0.2) is 22.5 Å². The van der Waals surface area contributed by atoms with Crippen molar-refractivity contribution in [3.8, 4) is 0 Å². The number of rotatable bonds is 3. The lowest BCUT2D eigenvalue weighted by molar-refractivity contribution is -0.147. The van der Waals surface area contributed by atoms with Crippen molar-refractivity contribution in [1.29, 1.82) is 0 Å². The Bertz CT molecular complexity index is 981. The number of esters is 1. The average Bonchev–Trinajstić information content (AvgIpc) is 3.30. The monoisotopic (exact) mass is 352 g/mol. The molecule has 5 heteroatoms. The molecule has 26 heavy (non-hydrogen) atoms. The second kappa shape index (κ2) is 6.24. The minimum atomic E-state index is -0.798. The first kappa shape index (κ1) is 16.8. The molecule has 0 bridgehead atoms. The summed E-state index contributed by atoms with van der Waals surface area (Å²) in [6.45, 7) is 1.74. The van der Waals surface area contributed by atoms with Gasteiger partial charge in [-0.15, -0.1) is 0 Å². The summed E-state index contributed by atoms with van der Waals surface area (Å²) in [5, 5.41) is 0. The Morgan fingerprint density at radius 3 is 3.00 bits per heavy atom. The van der Waals surface area contributed by atoms with Gasteiger partial charge in [0.05, 0.1) is 12.5 Å². The van der Waals surface area contributed by atoms with Crippen LogP contribution in [0.15, 0.2) is 48.9 Å². The summed E-state index contributed by atoms with van der Waals surface area (Å²) in [5.41, 5.74) is 2.52. The van der Waals surface area contributed by atoms with Crippen LogP contribution in [0.25, 0.3) is 5.65 Å². The summed E-state index contributed by atoms with van der Waals surface area (Å²) in [6, 6.07) is 9.10. The number of imidazole rings is 1. The minimum absolute atomic E-state index is 0.207. The first-order valence-electron chi connectivity index (χ1n) is 8.82. The molecular formula is C21H21FN2O2. The van der Waals surface area contributed by atoms with Gasteiger partial charge in [-0.2, -0.15) is 0 Å². The number of nitrogens with zero attached hydrogens (tertiary/aromatic N) is 2. The number of ether oxygens (including phenoxy) is 1. The van der Waals surface area contributed by atoms with Gasteiger partial charge in [-0.05, 0) is 67.0 Å². The highest BCUT2D eigenvalue weighted by molar-refractivity contribution is 5.84. The molecule has 0 amide bonds. The van der Waals surface area contributed by atoms with E-state index in [1.165, 1.54) is 13.2 Å². The number of aromatic nitrogens is 2. The maximum absolute atomic E-state index is 14.2. The molecule has 0 saturated heterocycles. The summed E-state index contributed by atoms with van der Waals surface area (Å²) in [6.07, 6.45) is 7.77. The van der Waals surface area contributed by atoms with Crippen LogP contribution in [-0.2, 0) is 14.9 Å². The number of halogens is 1. The van der Waals surface area contributed by atoms with Gasteiger partial charge in [0, 0.05) is 18.6 Å². The number of pyridine rings is 1. The maximum atomic E-state index is 14.2. The van der Waals surface area contributed by atoms with E-state index in [1.807, 2.05) is 22.9 Å². The van der Waals surface area contributed by atoms with E-state index < -0.39 is 5.41 Å². The van der Waals surface area contributed by atoms with Crippen LogP contribution in [0.2, 0.25) is 0 Å². The molecule has 3 aromatic rings. The zero-order valence-corrected chi connectivity index (χ0v) is 14.9. The van der Waals surface area contributed by atoms with Crippen molar-refractivity contribution in [3.63, 3.8) is 0 Å². The quantitative estimate of drug-likeness (QED) is 0.665. The van der Waals surface area contributed by atoms with Crippen LogP contribution in [0.4, 0.5) is 4.39 Å². The fourth-order valence-corrected chi connectivity index (χ4v) is 4.37. The average molecular weight is 352 g/mol. The lowest BCUT2D eigenvalue weighted by Gasteiger charge is -2.29. The number of carbonyl (C=O) groups excluding carboxylic acids is 1. The van der Waals surface area contributed by atoms with Gasteiger partial charge in [-0.3, -0.25) is 4.79 Å². The number of hydrogen-bond donors (Lipinski definition) is 0. The first-order valence-corrected chi connectivity index (χ1v) is 8.82. The smallest absolute Gasteiger partial charge is 0.316 e. The fraction of sp³-hybridized carbons (Fsp3) is 0.333. The highest BCUT2D eigenvalue weighted by Gasteiger charge is 2.49. The third-order valence-corrected chi connectivity index (χ3v) is 5.77. The van der Waals surface area contributed by atoms with Gasteiger partial charge in [0.1, 0.15) is 11.5 Å². The number of methoxy groups -OCH3 is 1. The zero-order valence-electron chi connectivity index (χ0n) is 14.9. The van der Waals surface area contributed by atoms with E-state index in [2.05, 4.69) is 17.1 Å². The molecule has 2 heterocycles. The Balaban J connectivity index is 1.75. The van der Waals surface area contributed by atoms with E-state index in [9.17, 15) is 9.18 Å². The topological polar surface area (TPSA) is 43.6 Å². The third kappa shape index (κ3) is 2.50. The Labute approximate surface area is 151 Å². The van der Waals surface area contributed by atoms with Crippen LogP contribution in [0, 0.1) is 12.7 Å². The third-order valence-electron chi connectivity index (χ3n) is 5.77. The Hall–Kier alpha value is -2.69. The number of carbonyl (C=O) groups is 1. The Morgan fingerprint density at radius 2 is 2.19 bits per heavy atom. The first-order chi connectivity index (χ1) is 12.5. The summed E-state index contributed by atoms with van der Waals surface area (Å²) in [5.74, 6) is -0.359. The molecule has 1 saturated carbocycles. The molecule has 2 aromatic heterocycles. The molecule has 1 aliphatic rings. The van der Waals surface area contributed by atoms with Crippen molar-refractivity contribution < 1.29 is 13.9 Å².